The zero-order valence-corrected chi connectivity index (χ0v) is 13.2. The lowest BCUT2D eigenvalue weighted by molar-refractivity contribution is -0.387. The number of hydrogen-bond donors (Lipinski definition) is 2. The van der Waals surface area contributed by atoms with E-state index in [2.05, 4.69) is 10.0 Å². The summed E-state index contributed by atoms with van der Waals surface area (Å²) in [5.41, 5.74) is 0.0722. The van der Waals surface area contributed by atoms with Crippen LogP contribution in [-0.4, -0.2) is 38.4 Å². The van der Waals surface area contributed by atoms with Crippen LogP contribution in [0.4, 0.5) is 11.4 Å². The molecule has 1 atom stereocenters. The van der Waals surface area contributed by atoms with Gasteiger partial charge in [-0.3, -0.25) is 10.1 Å². The summed E-state index contributed by atoms with van der Waals surface area (Å²) >= 11 is 1.79. The molecule has 0 radical (unpaired) electrons. The lowest BCUT2D eigenvalue weighted by atomic mass is 10.1. The van der Waals surface area contributed by atoms with Crippen LogP contribution in [0.15, 0.2) is 23.1 Å². The number of sulfonamides is 1. The van der Waals surface area contributed by atoms with E-state index in [0.29, 0.717) is 18.2 Å². The van der Waals surface area contributed by atoms with Crippen LogP contribution in [0.1, 0.15) is 6.42 Å². The first-order valence-electron chi connectivity index (χ1n) is 6.47. The number of nitrogens with one attached hydrogen (secondary N) is 2. The van der Waals surface area contributed by atoms with Gasteiger partial charge in [-0.25, -0.2) is 13.1 Å². The van der Waals surface area contributed by atoms with Gasteiger partial charge in [0.05, 0.1) is 4.92 Å². The fourth-order valence-electron chi connectivity index (χ4n) is 2.09. The molecule has 7 nitrogen and oxygen atoms in total. The molecule has 0 spiro atoms. The lowest BCUT2D eigenvalue weighted by Gasteiger charge is -2.11. The molecule has 0 aromatic heterocycles. The van der Waals surface area contributed by atoms with Gasteiger partial charge in [0.1, 0.15) is 0 Å². The normalized spacial score (nSPS) is 18.6. The Balaban J connectivity index is 2.23. The fourth-order valence-corrected chi connectivity index (χ4v) is 4.64. The first kappa shape index (κ1) is 16.1. The number of nitrogens with zero attached hydrogens (tertiary/aromatic N) is 1. The zero-order valence-electron chi connectivity index (χ0n) is 11.5. The maximum atomic E-state index is 12.3. The molecule has 0 amide bonds. The third kappa shape index (κ3) is 3.86. The highest BCUT2D eigenvalue weighted by Crippen LogP contribution is 2.28. The quantitative estimate of drug-likeness (QED) is 0.607. The van der Waals surface area contributed by atoms with Gasteiger partial charge in [0.2, 0.25) is 10.0 Å². The number of anilines is 1. The molecule has 1 heterocycles. The maximum absolute atomic E-state index is 12.3. The standard InChI is InChI=1S/C12H17N3O4S2/c1-13-10-2-3-12(11(6-10)15(16)17)21(18,19)14-7-9-4-5-20-8-9/h2-3,6,9,13-14H,4-5,7-8H2,1H3. The summed E-state index contributed by atoms with van der Waals surface area (Å²) in [6, 6.07) is 3.99. The lowest BCUT2D eigenvalue weighted by Crippen LogP contribution is -2.29. The zero-order chi connectivity index (χ0) is 15.5. The molecule has 2 N–H and O–H groups in total. The van der Waals surface area contributed by atoms with Gasteiger partial charge in [0.25, 0.3) is 5.69 Å². The van der Waals surface area contributed by atoms with Crippen molar-refractivity contribution in [2.45, 2.75) is 11.3 Å². The molecule has 0 aliphatic carbocycles. The van der Waals surface area contributed by atoms with E-state index in [1.165, 1.54) is 18.2 Å². The number of rotatable bonds is 6. The van der Waals surface area contributed by atoms with Crippen LogP contribution in [0, 0.1) is 16.0 Å². The first-order chi connectivity index (χ1) is 9.94. The minimum Gasteiger partial charge on any atom is -0.388 e. The third-order valence-corrected chi connectivity index (χ3v) is 6.02. The van der Waals surface area contributed by atoms with Gasteiger partial charge in [-0.15, -0.1) is 0 Å². The summed E-state index contributed by atoms with van der Waals surface area (Å²) in [5.74, 6) is 2.24. The van der Waals surface area contributed by atoms with E-state index in [1.54, 1.807) is 18.8 Å². The molecular formula is C12H17N3O4S2. The molecule has 2 rings (SSSR count). The van der Waals surface area contributed by atoms with Gasteiger partial charge in [0, 0.05) is 25.3 Å². The Morgan fingerprint density at radius 2 is 2.24 bits per heavy atom. The van der Waals surface area contributed by atoms with Gasteiger partial charge < -0.3 is 5.32 Å². The van der Waals surface area contributed by atoms with Crippen LogP contribution < -0.4 is 10.0 Å². The van der Waals surface area contributed by atoms with Crippen molar-refractivity contribution in [2.75, 3.05) is 30.4 Å². The third-order valence-electron chi connectivity index (χ3n) is 3.32. The van der Waals surface area contributed by atoms with Crippen molar-refractivity contribution in [3.05, 3.63) is 28.3 Å². The highest BCUT2D eigenvalue weighted by molar-refractivity contribution is 7.99. The second kappa shape index (κ2) is 6.63. The predicted octanol–water partition coefficient (Wildman–Crippen LogP) is 1.67. The van der Waals surface area contributed by atoms with E-state index in [9.17, 15) is 18.5 Å². The average molecular weight is 331 g/mol. The van der Waals surface area contributed by atoms with Crippen molar-refractivity contribution >= 4 is 33.2 Å². The molecule has 1 unspecified atom stereocenters. The molecular weight excluding hydrogens is 314 g/mol. The number of nitro groups is 1. The van der Waals surface area contributed by atoms with E-state index >= 15 is 0 Å². The Kier molecular flexibility index (Phi) is 5.07. The Labute approximate surface area is 127 Å². The molecule has 116 valence electrons. The number of nitro benzene ring substituents is 1. The van der Waals surface area contributed by atoms with Gasteiger partial charge in [-0.2, -0.15) is 11.8 Å². The van der Waals surface area contributed by atoms with Crippen LogP contribution in [0.5, 0.6) is 0 Å². The average Bonchev–Trinajstić information content (AvgIpc) is 2.98. The summed E-state index contributed by atoms with van der Waals surface area (Å²) in [7, 11) is -2.26. The highest BCUT2D eigenvalue weighted by Gasteiger charge is 2.27. The maximum Gasteiger partial charge on any atom is 0.291 e. The summed E-state index contributed by atoms with van der Waals surface area (Å²) in [4.78, 5) is 10.1. The van der Waals surface area contributed by atoms with Crippen LogP contribution in [0.3, 0.4) is 0 Å². The summed E-state index contributed by atoms with van der Waals surface area (Å²) < 4.78 is 27.0. The van der Waals surface area contributed by atoms with Crippen molar-refractivity contribution in [3.8, 4) is 0 Å². The molecule has 9 heteroatoms. The summed E-state index contributed by atoms with van der Waals surface area (Å²) in [6.45, 7) is 0.320. The smallest absolute Gasteiger partial charge is 0.291 e. The first-order valence-corrected chi connectivity index (χ1v) is 9.11. The molecule has 1 aliphatic heterocycles. The van der Waals surface area contributed by atoms with Crippen molar-refractivity contribution in [3.63, 3.8) is 0 Å². The second-order valence-corrected chi connectivity index (χ2v) is 7.66. The Hall–Kier alpha value is -1.32. The minimum absolute atomic E-state index is 0.292. The monoisotopic (exact) mass is 331 g/mol. The number of thioether (sulfide) groups is 1. The van der Waals surface area contributed by atoms with Crippen molar-refractivity contribution in [1.29, 1.82) is 0 Å². The molecule has 0 saturated carbocycles. The van der Waals surface area contributed by atoms with E-state index in [4.69, 9.17) is 0 Å². The topological polar surface area (TPSA) is 101 Å². The highest BCUT2D eigenvalue weighted by atomic mass is 32.2. The van der Waals surface area contributed by atoms with Crippen LogP contribution in [0.25, 0.3) is 0 Å². The van der Waals surface area contributed by atoms with E-state index in [1.807, 2.05) is 0 Å². The largest absolute Gasteiger partial charge is 0.388 e. The molecule has 1 fully saturated rings. The van der Waals surface area contributed by atoms with Crippen LogP contribution >= 0.6 is 11.8 Å². The van der Waals surface area contributed by atoms with Gasteiger partial charge in [-0.05, 0) is 36.0 Å². The van der Waals surface area contributed by atoms with E-state index in [0.717, 1.165) is 17.9 Å². The Morgan fingerprint density at radius 1 is 1.48 bits per heavy atom. The van der Waals surface area contributed by atoms with Crippen molar-refractivity contribution in [2.24, 2.45) is 5.92 Å². The second-order valence-electron chi connectivity index (χ2n) is 4.77. The van der Waals surface area contributed by atoms with Gasteiger partial charge >= 0.3 is 0 Å². The van der Waals surface area contributed by atoms with Gasteiger partial charge in [-0.1, -0.05) is 0 Å². The van der Waals surface area contributed by atoms with Gasteiger partial charge in [0.15, 0.2) is 4.90 Å². The van der Waals surface area contributed by atoms with E-state index < -0.39 is 20.6 Å². The number of benzene rings is 1. The Bertz CT molecular complexity index is 627. The molecule has 1 aromatic carbocycles. The fraction of sp³-hybridized carbons (Fsp3) is 0.500. The molecule has 0 bridgehead atoms. The summed E-state index contributed by atoms with van der Waals surface area (Å²) in [5, 5.41) is 13.8. The molecule has 1 aliphatic rings. The minimum atomic E-state index is -3.88. The molecule has 1 aromatic rings. The SMILES string of the molecule is CNc1ccc(S(=O)(=O)NCC2CCSC2)c([N+](=O)[O-])c1. The predicted molar refractivity (Wildman–Crippen MR) is 83.3 cm³/mol. The molecule has 21 heavy (non-hydrogen) atoms. The van der Waals surface area contributed by atoms with Crippen molar-refractivity contribution < 1.29 is 13.3 Å². The van der Waals surface area contributed by atoms with Crippen LogP contribution in [-0.2, 0) is 10.0 Å². The summed E-state index contributed by atoms with van der Waals surface area (Å²) in [6.07, 6.45) is 0.966. The van der Waals surface area contributed by atoms with E-state index in [-0.39, 0.29) is 4.90 Å². The van der Waals surface area contributed by atoms with Crippen molar-refractivity contribution in [1.82, 2.24) is 4.72 Å². The van der Waals surface area contributed by atoms with Crippen LogP contribution in [0.2, 0.25) is 0 Å². The molecule has 1 saturated heterocycles. The Morgan fingerprint density at radius 3 is 2.81 bits per heavy atom. The number of hydrogen-bond acceptors (Lipinski definition) is 6.